The molecule has 138 valence electrons. The van der Waals surface area contributed by atoms with E-state index in [0.29, 0.717) is 23.6 Å². The molecule has 5 nitrogen and oxygen atoms in total. The molecular weight excluding hydrogens is 413 g/mol. The first kappa shape index (κ1) is 19.9. The highest BCUT2D eigenvalue weighted by Gasteiger charge is 2.17. The van der Waals surface area contributed by atoms with Gasteiger partial charge < -0.3 is 10.6 Å². The molecule has 0 saturated carbocycles. The van der Waals surface area contributed by atoms with Gasteiger partial charge in [-0.1, -0.05) is 34.1 Å². The molecule has 9 heteroatoms. The molecule has 0 unspecified atom stereocenters. The van der Waals surface area contributed by atoms with Gasteiger partial charge in [-0.05, 0) is 24.4 Å². The molecule has 2 N–H and O–H groups in total. The van der Waals surface area contributed by atoms with Gasteiger partial charge in [-0.15, -0.1) is 0 Å². The van der Waals surface area contributed by atoms with Crippen molar-refractivity contribution in [2.75, 3.05) is 10.6 Å². The summed E-state index contributed by atoms with van der Waals surface area (Å²) >= 11 is 3.30. The van der Waals surface area contributed by atoms with Crippen LogP contribution in [0.3, 0.4) is 0 Å². The second-order valence-corrected chi connectivity index (χ2v) is 6.60. The van der Waals surface area contributed by atoms with Gasteiger partial charge in [-0.25, -0.2) is 23.1 Å². The fourth-order valence-electron chi connectivity index (χ4n) is 2.30. The number of hydrogen-bond acceptors (Lipinski definition) is 4. The molecule has 0 spiro atoms. The number of rotatable bonds is 7. The van der Waals surface area contributed by atoms with Crippen LogP contribution in [0.15, 0.2) is 22.7 Å². The second kappa shape index (κ2) is 8.79. The monoisotopic (exact) mass is 428 g/mol. The molecule has 1 aromatic heterocycles. The first-order chi connectivity index (χ1) is 12.3. The Morgan fingerprint density at radius 2 is 2.00 bits per heavy atom. The van der Waals surface area contributed by atoms with E-state index in [1.54, 1.807) is 19.9 Å². The van der Waals surface area contributed by atoms with E-state index in [2.05, 4.69) is 36.5 Å². The molecular formula is C17H16BrF3N4O. The molecule has 1 heterocycles. The summed E-state index contributed by atoms with van der Waals surface area (Å²) in [6.07, 6.45) is -0.730. The Morgan fingerprint density at radius 1 is 1.31 bits per heavy atom. The molecule has 0 aliphatic rings. The third-order valence-corrected chi connectivity index (χ3v) is 3.62. The third kappa shape index (κ3) is 4.81. The zero-order valence-electron chi connectivity index (χ0n) is 14.0. The van der Waals surface area contributed by atoms with Crippen molar-refractivity contribution < 1.29 is 18.0 Å². The first-order valence-corrected chi connectivity index (χ1v) is 8.34. The van der Waals surface area contributed by atoms with Gasteiger partial charge in [0.2, 0.25) is 6.41 Å². The number of halogens is 4. The average molecular weight is 429 g/mol. The van der Waals surface area contributed by atoms with E-state index in [-0.39, 0.29) is 17.9 Å². The number of aromatic nitrogens is 2. The van der Waals surface area contributed by atoms with Crippen molar-refractivity contribution in [3.8, 4) is 0 Å². The lowest BCUT2D eigenvalue weighted by Gasteiger charge is -2.14. The minimum absolute atomic E-state index is 0.0639. The first-order valence-electron chi connectivity index (χ1n) is 7.55. The van der Waals surface area contributed by atoms with Crippen LogP contribution >= 0.6 is 15.9 Å². The Hall–Kier alpha value is -2.42. The zero-order chi connectivity index (χ0) is 19.3. The standard InChI is InChI=1S/C17H16BrF3N4O/c1-9(18)6-13-16(24-10(2)25-17(13)23-8-26)22-7-11-4-3-5-12(14(11)19)15(20)21/h3-6,8,15H,7H2,1-2H3,(H2,22,23,24,25,26)/b9-6+. The third-order valence-electron chi connectivity index (χ3n) is 3.39. The quantitative estimate of drug-likeness (QED) is 0.621. The zero-order valence-corrected chi connectivity index (χ0v) is 15.6. The number of carbonyl (C=O) groups excluding carboxylic acids is 1. The van der Waals surface area contributed by atoms with Gasteiger partial charge in [-0.3, -0.25) is 4.79 Å². The van der Waals surface area contributed by atoms with Gasteiger partial charge in [0.25, 0.3) is 6.43 Å². The fourth-order valence-corrected chi connectivity index (χ4v) is 2.53. The molecule has 0 atom stereocenters. The molecule has 0 saturated heterocycles. The summed E-state index contributed by atoms with van der Waals surface area (Å²) in [6.45, 7) is 3.35. The number of benzene rings is 1. The lowest BCUT2D eigenvalue weighted by molar-refractivity contribution is -0.105. The summed E-state index contributed by atoms with van der Waals surface area (Å²) in [7, 11) is 0. The molecule has 0 aliphatic heterocycles. The molecule has 0 fully saturated rings. The van der Waals surface area contributed by atoms with Gasteiger partial charge in [0.1, 0.15) is 23.3 Å². The van der Waals surface area contributed by atoms with Crippen molar-refractivity contribution in [2.24, 2.45) is 0 Å². The highest BCUT2D eigenvalue weighted by atomic mass is 79.9. The van der Waals surface area contributed by atoms with Crippen molar-refractivity contribution >= 4 is 40.1 Å². The molecule has 2 rings (SSSR count). The van der Waals surface area contributed by atoms with Gasteiger partial charge in [0.05, 0.1) is 11.1 Å². The van der Waals surface area contributed by atoms with E-state index in [4.69, 9.17) is 0 Å². The lowest BCUT2D eigenvalue weighted by Crippen LogP contribution is -2.11. The normalized spacial score (nSPS) is 11.6. The van der Waals surface area contributed by atoms with Gasteiger partial charge in [0.15, 0.2) is 0 Å². The summed E-state index contributed by atoms with van der Waals surface area (Å²) in [6, 6.07) is 3.83. The molecule has 0 radical (unpaired) electrons. The number of nitrogens with zero attached hydrogens (tertiary/aromatic N) is 2. The minimum atomic E-state index is -2.89. The van der Waals surface area contributed by atoms with Crippen LogP contribution in [-0.4, -0.2) is 16.4 Å². The van der Waals surface area contributed by atoms with Gasteiger partial charge in [0, 0.05) is 12.1 Å². The fraction of sp³-hybridized carbons (Fsp3) is 0.235. The average Bonchev–Trinajstić information content (AvgIpc) is 2.56. The highest BCUT2D eigenvalue weighted by Crippen LogP contribution is 2.27. The summed E-state index contributed by atoms with van der Waals surface area (Å²) in [5.41, 5.74) is -0.0974. The Morgan fingerprint density at radius 3 is 2.62 bits per heavy atom. The van der Waals surface area contributed by atoms with Gasteiger partial charge in [-0.2, -0.15) is 0 Å². The Labute approximate surface area is 156 Å². The Balaban J connectivity index is 2.39. The number of alkyl halides is 2. The maximum absolute atomic E-state index is 14.2. The van der Waals surface area contributed by atoms with Crippen LogP contribution in [0.1, 0.15) is 35.9 Å². The number of carbonyl (C=O) groups is 1. The number of nitrogens with one attached hydrogen (secondary N) is 2. The number of amides is 1. The second-order valence-electron chi connectivity index (χ2n) is 5.35. The van der Waals surface area contributed by atoms with Crippen molar-refractivity contribution in [3.63, 3.8) is 0 Å². The predicted octanol–water partition coefficient (Wildman–Crippen LogP) is 4.80. The number of aryl methyl sites for hydroxylation is 1. The Bertz CT molecular complexity index is 839. The summed E-state index contributed by atoms with van der Waals surface area (Å²) in [4.78, 5) is 19.2. The smallest absolute Gasteiger partial charge is 0.266 e. The molecule has 2 aromatic rings. The lowest BCUT2D eigenvalue weighted by atomic mass is 10.1. The van der Waals surface area contributed by atoms with E-state index in [1.165, 1.54) is 12.1 Å². The Kier molecular flexibility index (Phi) is 6.73. The van der Waals surface area contributed by atoms with E-state index in [9.17, 15) is 18.0 Å². The summed E-state index contributed by atoms with van der Waals surface area (Å²) in [5.74, 6) is 0.0295. The van der Waals surface area contributed by atoms with Crippen LogP contribution in [0.25, 0.3) is 6.08 Å². The minimum Gasteiger partial charge on any atom is -0.365 e. The molecule has 26 heavy (non-hydrogen) atoms. The van der Waals surface area contributed by atoms with Crippen LogP contribution in [-0.2, 0) is 11.3 Å². The SMILES string of the molecule is C/C(Br)=C\c1c(NC=O)nc(C)nc1NCc1cccc(C(F)F)c1F. The van der Waals surface area contributed by atoms with E-state index in [1.807, 2.05) is 0 Å². The molecule has 0 aliphatic carbocycles. The molecule has 0 bridgehead atoms. The van der Waals surface area contributed by atoms with Crippen LogP contribution in [0.2, 0.25) is 0 Å². The number of anilines is 2. The number of allylic oxidation sites excluding steroid dienone is 1. The summed E-state index contributed by atoms with van der Waals surface area (Å²) in [5, 5.41) is 5.41. The maximum Gasteiger partial charge on any atom is 0.266 e. The maximum atomic E-state index is 14.2. The molecule has 1 amide bonds. The van der Waals surface area contributed by atoms with E-state index < -0.39 is 17.8 Å². The number of hydrogen-bond donors (Lipinski definition) is 2. The van der Waals surface area contributed by atoms with Crippen LogP contribution in [0.5, 0.6) is 0 Å². The van der Waals surface area contributed by atoms with Crippen LogP contribution < -0.4 is 10.6 Å². The van der Waals surface area contributed by atoms with E-state index in [0.717, 1.165) is 10.5 Å². The van der Waals surface area contributed by atoms with Gasteiger partial charge >= 0.3 is 0 Å². The van der Waals surface area contributed by atoms with E-state index >= 15 is 0 Å². The van der Waals surface area contributed by atoms with Crippen LogP contribution in [0, 0.1) is 12.7 Å². The van der Waals surface area contributed by atoms with Crippen molar-refractivity contribution in [3.05, 3.63) is 51.0 Å². The van der Waals surface area contributed by atoms with Crippen molar-refractivity contribution in [1.29, 1.82) is 0 Å². The largest absolute Gasteiger partial charge is 0.365 e. The summed E-state index contributed by atoms with van der Waals surface area (Å²) < 4.78 is 40.6. The molecule has 1 aromatic carbocycles. The predicted molar refractivity (Wildman–Crippen MR) is 97.7 cm³/mol. The van der Waals surface area contributed by atoms with Crippen molar-refractivity contribution in [1.82, 2.24) is 9.97 Å². The van der Waals surface area contributed by atoms with Crippen molar-refractivity contribution in [2.45, 2.75) is 26.8 Å². The highest BCUT2D eigenvalue weighted by molar-refractivity contribution is 9.11. The van der Waals surface area contributed by atoms with Crippen LogP contribution in [0.4, 0.5) is 24.8 Å². The topological polar surface area (TPSA) is 66.9 Å².